The number of methoxy groups -OCH3 is 3. The highest BCUT2D eigenvalue weighted by atomic mass is 35.5. The Balaban J connectivity index is 1.77. The maximum atomic E-state index is 13.8. The molecule has 11 heteroatoms. The van der Waals surface area contributed by atoms with Gasteiger partial charge in [-0.25, -0.2) is 4.68 Å². The number of aromatic nitrogens is 2. The summed E-state index contributed by atoms with van der Waals surface area (Å²) in [5.74, 6) is 1.52. The Morgan fingerprint density at radius 2 is 1.76 bits per heavy atom. The first kappa shape index (κ1) is 29.5. The molecule has 5 rings (SSSR count). The average molecular weight is 607 g/mol. The molecule has 1 N–H and O–H groups in total. The molecule has 0 bridgehead atoms. The van der Waals surface area contributed by atoms with Gasteiger partial charge in [0.2, 0.25) is 11.8 Å². The molecule has 0 saturated heterocycles. The zero-order chi connectivity index (χ0) is 29.6. The summed E-state index contributed by atoms with van der Waals surface area (Å²) >= 11 is 7.72. The number of benzene rings is 3. The van der Waals surface area contributed by atoms with E-state index in [1.54, 1.807) is 26.0 Å². The summed E-state index contributed by atoms with van der Waals surface area (Å²) < 4.78 is 17.9. The summed E-state index contributed by atoms with van der Waals surface area (Å²) in [6, 6.07) is 22.6. The lowest BCUT2D eigenvalue weighted by molar-refractivity contribution is -0.123. The quantitative estimate of drug-likeness (QED) is 0.250. The number of thioether (sulfide) groups is 1. The van der Waals surface area contributed by atoms with Gasteiger partial charge in [-0.15, -0.1) is 11.8 Å². The van der Waals surface area contributed by atoms with E-state index < -0.39 is 0 Å². The highest BCUT2D eigenvalue weighted by Gasteiger charge is 2.38. The number of anilines is 1. The van der Waals surface area contributed by atoms with Crippen LogP contribution in [0.5, 0.6) is 11.5 Å². The number of hydrogen-bond acceptors (Lipinski definition) is 7. The van der Waals surface area contributed by atoms with Crippen LogP contribution in [0.3, 0.4) is 0 Å². The number of nitrogens with one attached hydrogen (secondary N) is 1. The Morgan fingerprint density at radius 3 is 2.45 bits per heavy atom. The molecule has 1 aliphatic rings. The second-order valence-electron chi connectivity index (χ2n) is 9.46. The van der Waals surface area contributed by atoms with Gasteiger partial charge in [-0.1, -0.05) is 41.9 Å². The van der Waals surface area contributed by atoms with E-state index in [2.05, 4.69) is 5.32 Å². The molecule has 1 atom stereocenters. The minimum atomic E-state index is -0.334. The lowest BCUT2D eigenvalue weighted by atomic mass is 9.99. The molecule has 0 saturated carbocycles. The van der Waals surface area contributed by atoms with Crippen LogP contribution in [0.2, 0.25) is 5.02 Å². The Hall–Kier alpha value is -3.99. The molecule has 2 heterocycles. The highest BCUT2D eigenvalue weighted by Crippen LogP contribution is 2.50. The van der Waals surface area contributed by atoms with Crippen molar-refractivity contribution >= 4 is 41.0 Å². The first-order chi connectivity index (χ1) is 20.4. The Morgan fingerprint density at radius 1 is 1.02 bits per heavy atom. The molecule has 2 amide bonds. The first-order valence-electron chi connectivity index (χ1n) is 13.3. The molecule has 4 aromatic rings. The van der Waals surface area contributed by atoms with E-state index in [1.807, 2.05) is 72.8 Å². The third kappa shape index (κ3) is 6.11. The van der Waals surface area contributed by atoms with Crippen molar-refractivity contribution in [1.29, 1.82) is 0 Å². The monoisotopic (exact) mass is 606 g/mol. The van der Waals surface area contributed by atoms with Gasteiger partial charge in [-0.05, 0) is 42.5 Å². The molecule has 0 fully saturated rings. The number of halogens is 1. The van der Waals surface area contributed by atoms with Crippen LogP contribution in [0.4, 0.5) is 5.82 Å². The molecule has 0 aliphatic carbocycles. The van der Waals surface area contributed by atoms with E-state index in [4.69, 9.17) is 30.9 Å². The molecule has 0 spiro atoms. The fourth-order valence-electron chi connectivity index (χ4n) is 4.86. The summed E-state index contributed by atoms with van der Waals surface area (Å²) in [7, 11) is 4.80. The van der Waals surface area contributed by atoms with Crippen molar-refractivity contribution < 1.29 is 23.8 Å². The standard InChI is InChI=1S/C31H31ClN4O5S/c1-39-17-16-33-26(37)18-35-27(38)19-42-30(24-6-4-5-7-25(24)41-3)28-29(20-8-10-21(32)11-9-20)34-36(31(28)35)22-12-14-23(40-2)15-13-22/h4-15,30H,16-19H2,1-3H3,(H,33,37)/t30-/m1/s1. The number of carbonyl (C=O) groups is 2. The number of hydrogen-bond donors (Lipinski definition) is 1. The third-order valence-corrected chi connectivity index (χ3v) is 8.36. The highest BCUT2D eigenvalue weighted by molar-refractivity contribution is 8.00. The van der Waals surface area contributed by atoms with Crippen LogP contribution in [0.1, 0.15) is 16.4 Å². The number of carbonyl (C=O) groups excluding carboxylic acids is 2. The second kappa shape index (κ2) is 13.3. The van der Waals surface area contributed by atoms with Gasteiger partial charge >= 0.3 is 0 Å². The Kier molecular flexibility index (Phi) is 9.36. The number of rotatable bonds is 10. The molecule has 42 heavy (non-hydrogen) atoms. The van der Waals surface area contributed by atoms with Crippen molar-refractivity contribution in [3.8, 4) is 28.4 Å². The van der Waals surface area contributed by atoms with E-state index in [1.165, 1.54) is 16.7 Å². The number of fused-ring (bicyclic) bond motifs is 1. The lowest BCUT2D eigenvalue weighted by Gasteiger charge is -2.23. The smallest absolute Gasteiger partial charge is 0.240 e. The van der Waals surface area contributed by atoms with Crippen molar-refractivity contribution in [3.05, 3.63) is 88.9 Å². The topological polar surface area (TPSA) is 94.9 Å². The van der Waals surface area contributed by atoms with E-state index in [0.717, 1.165) is 16.7 Å². The van der Waals surface area contributed by atoms with Crippen molar-refractivity contribution in [1.82, 2.24) is 15.1 Å². The molecule has 0 unspecified atom stereocenters. The van der Waals surface area contributed by atoms with E-state index >= 15 is 0 Å². The van der Waals surface area contributed by atoms with Gasteiger partial charge in [0.05, 0.1) is 43.2 Å². The Bertz CT molecular complexity index is 1560. The third-order valence-electron chi connectivity index (χ3n) is 6.88. The molecule has 218 valence electrons. The number of amides is 2. The fraction of sp³-hybridized carbons (Fsp3) is 0.258. The van der Waals surface area contributed by atoms with Crippen LogP contribution in [0.25, 0.3) is 16.9 Å². The minimum Gasteiger partial charge on any atom is -0.497 e. The summed E-state index contributed by atoms with van der Waals surface area (Å²) in [6.07, 6.45) is 0. The molecule has 9 nitrogen and oxygen atoms in total. The van der Waals surface area contributed by atoms with E-state index in [9.17, 15) is 9.59 Å². The summed E-state index contributed by atoms with van der Waals surface area (Å²) in [5.41, 5.74) is 3.88. The number of ether oxygens (including phenoxy) is 3. The summed E-state index contributed by atoms with van der Waals surface area (Å²) in [5, 5.41) is 8.19. The normalized spacial score (nSPS) is 14.7. The maximum absolute atomic E-state index is 13.8. The van der Waals surface area contributed by atoms with E-state index in [-0.39, 0.29) is 29.4 Å². The van der Waals surface area contributed by atoms with Crippen LogP contribution < -0.4 is 19.7 Å². The van der Waals surface area contributed by atoms with Crippen LogP contribution in [0, 0.1) is 0 Å². The van der Waals surface area contributed by atoms with Gasteiger partial charge in [0, 0.05) is 35.4 Å². The molecular formula is C31H31ClN4O5S. The van der Waals surface area contributed by atoms with Crippen LogP contribution in [-0.2, 0) is 14.3 Å². The van der Waals surface area contributed by atoms with Gasteiger partial charge in [0.15, 0.2) is 0 Å². The van der Waals surface area contributed by atoms with Gasteiger partial charge < -0.3 is 19.5 Å². The largest absolute Gasteiger partial charge is 0.497 e. The van der Waals surface area contributed by atoms with Crippen molar-refractivity contribution in [2.24, 2.45) is 0 Å². The molecule has 1 aliphatic heterocycles. The maximum Gasteiger partial charge on any atom is 0.240 e. The lowest BCUT2D eigenvalue weighted by Crippen LogP contribution is -2.43. The fourth-order valence-corrected chi connectivity index (χ4v) is 6.21. The molecule has 3 aromatic carbocycles. The first-order valence-corrected chi connectivity index (χ1v) is 14.7. The van der Waals surface area contributed by atoms with E-state index in [0.29, 0.717) is 46.9 Å². The van der Waals surface area contributed by atoms with Crippen molar-refractivity contribution in [3.63, 3.8) is 0 Å². The molecular weight excluding hydrogens is 576 g/mol. The van der Waals surface area contributed by atoms with Crippen LogP contribution in [-0.4, -0.2) is 68.4 Å². The van der Waals surface area contributed by atoms with Crippen molar-refractivity contribution in [2.75, 3.05) is 51.7 Å². The second-order valence-corrected chi connectivity index (χ2v) is 11.0. The van der Waals surface area contributed by atoms with Gasteiger partial charge in [-0.3, -0.25) is 14.5 Å². The SMILES string of the molecule is COCCNC(=O)CN1C(=O)CS[C@H](c2ccccc2OC)c2c(-c3ccc(Cl)cc3)nn(-c3ccc(OC)cc3)c21. The molecule has 0 radical (unpaired) electrons. The van der Waals surface area contributed by atoms with Crippen LogP contribution >= 0.6 is 23.4 Å². The van der Waals surface area contributed by atoms with Crippen LogP contribution in [0.15, 0.2) is 72.8 Å². The summed E-state index contributed by atoms with van der Waals surface area (Å²) in [6.45, 7) is 0.508. The molecule has 1 aromatic heterocycles. The zero-order valence-electron chi connectivity index (χ0n) is 23.5. The van der Waals surface area contributed by atoms with Crippen molar-refractivity contribution in [2.45, 2.75) is 5.25 Å². The zero-order valence-corrected chi connectivity index (χ0v) is 25.1. The number of nitrogens with zero attached hydrogens (tertiary/aromatic N) is 3. The minimum absolute atomic E-state index is 0.144. The van der Waals surface area contributed by atoms with Gasteiger partial charge in [0.1, 0.15) is 23.9 Å². The van der Waals surface area contributed by atoms with Gasteiger partial charge in [-0.2, -0.15) is 5.10 Å². The summed E-state index contributed by atoms with van der Waals surface area (Å²) in [4.78, 5) is 28.5. The Labute approximate surface area is 253 Å². The predicted molar refractivity (Wildman–Crippen MR) is 165 cm³/mol. The predicted octanol–water partition coefficient (Wildman–Crippen LogP) is 5.14. The number of para-hydroxylation sites is 1. The van der Waals surface area contributed by atoms with Gasteiger partial charge in [0.25, 0.3) is 0 Å². The average Bonchev–Trinajstić information content (AvgIpc) is 3.34.